The van der Waals surface area contributed by atoms with E-state index >= 15 is 0 Å². The first-order valence-corrected chi connectivity index (χ1v) is 17.1. The second-order valence-corrected chi connectivity index (χ2v) is 12.7. The molecule has 51 heavy (non-hydrogen) atoms. The summed E-state index contributed by atoms with van der Waals surface area (Å²) in [4.78, 5) is 28.6. The standard InChI is InChI=1S/C47H31N3O/c51-43-39-23-10-12-25-41(39)47(37-20-8-3-9-21-37,42-26-13-11-24-40(42)43)38-22-14-19-36(31-38)32-27-29-35(30-28-32)46-49-44(33-15-4-1-5-16-33)48-45(50-46)34-17-6-2-7-18-34/h1-31H. The third-order valence-electron chi connectivity index (χ3n) is 9.83. The van der Waals surface area contributed by atoms with Gasteiger partial charge in [0, 0.05) is 27.8 Å². The molecule has 1 aliphatic rings. The van der Waals surface area contributed by atoms with Gasteiger partial charge in [-0.25, -0.2) is 15.0 Å². The minimum Gasteiger partial charge on any atom is -0.289 e. The van der Waals surface area contributed by atoms with E-state index in [-0.39, 0.29) is 5.78 Å². The van der Waals surface area contributed by atoms with Crippen LogP contribution in [0, 0.1) is 0 Å². The van der Waals surface area contributed by atoms with Gasteiger partial charge in [-0.05, 0) is 39.4 Å². The summed E-state index contributed by atoms with van der Waals surface area (Å²) in [6.45, 7) is 0. The van der Waals surface area contributed by atoms with Crippen LogP contribution in [0.2, 0.25) is 0 Å². The van der Waals surface area contributed by atoms with Gasteiger partial charge in [0.1, 0.15) is 0 Å². The topological polar surface area (TPSA) is 55.7 Å². The number of hydrogen-bond donors (Lipinski definition) is 0. The summed E-state index contributed by atoms with van der Waals surface area (Å²) in [5.41, 5.74) is 9.89. The predicted molar refractivity (Wildman–Crippen MR) is 203 cm³/mol. The Balaban J connectivity index is 1.17. The first-order chi connectivity index (χ1) is 25.2. The van der Waals surface area contributed by atoms with Gasteiger partial charge in [-0.1, -0.05) is 182 Å². The van der Waals surface area contributed by atoms with Crippen molar-refractivity contribution in [1.82, 2.24) is 15.0 Å². The molecule has 0 bridgehead atoms. The summed E-state index contributed by atoms with van der Waals surface area (Å²) < 4.78 is 0. The maximum atomic E-state index is 13.9. The Morgan fingerprint density at radius 1 is 0.333 bits per heavy atom. The molecule has 0 N–H and O–H groups in total. The van der Waals surface area contributed by atoms with Gasteiger partial charge >= 0.3 is 0 Å². The molecular weight excluding hydrogens is 623 g/mol. The van der Waals surface area contributed by atoms with Crippen molar-refractivity contribution < 1.29 is 4.79 Å². The molecule has 9 rings (SSSR count). The molecule has 0 saturated heterocycles. The van der Waals surface area contributed by atoms with E-state index in [1.165, 1.54) is 0 Å². The van der Waals surface area contributed by atoms with E-state index in [4.69, 9.17) is 15.0 Å². The zero-order chi connectivity index (χ0) is 34.2. The highest BCUT2D eigenvalue weighted by molar-refractivity contribution is 6.14. The molecular formula is C47H31N3O. The number of aromatic nitrogens is 3. The van der Waals surface area contributed by atoms with Crippen molar-refractivity contribution in [2.75, 3.05) is 0 Å². The van der Waals surface area contributed by atoms with Crippen molar-refractivity contribution in [2.24, 2.45) is 0 Å². The molecule has 0 amide bonds. The Bertz CT molecular complexity index is 2420. The quantitative estimate of drug-likeness (QED) is 0.179. The fourth-order valence-corrected chi connectivity index (χ4v) is 7.46. The van der Waals surface area contributed by atoms with Crippen LogP contribution >= 0.6 is 0 Å². The van der Waals surface area contributed by atoms with E-state index in [2.05, 4.69) is 84.9 Å². The average molecular weight is 654 g/mol. The van der Waals surface area contributed by atoms with Gasteiger partial charge in [-0.2, -0.15) is 0 Å². The summed E-state index contributed by atoms with van der Waals surface area (Å²) in [7, 11) is 0. The Morgan fingerprint density at radius 2 is 0.725 bits per heavy atom. The maximum Gasteiger partial charge on any atom is 0.193 e. The van der Waals surface area contributed by atoms with E-state index in [9.17, 15) is 4.79 Å². The Hall–Kier alpha value is -6.78. The molecule has 240 valence electrons. The molecule has 1 aliphatic carbocycles. The Labute approximate surface area is 296 Å². The first-order valence-electron chi connectivity index (χ1n) is 17.1. The fourth-order valence-electron chi connectivity index (χ4n) is 7.46. The van der Waals surface area contributed by atoms with Gasteiger partial charge < -0.3 is 0 Å². The number of ketones is 1. The van der Waals surface area contributed by atoms with Gasteiger partial charge in [0.2, 0.25) is 0 Å². The van der Waals surface area contributed by atoms with Gasteiger partial charge in [0.25, 0.3) is 0 Å². The van der Waals surface area contributed by atoms with E-state index in [0.717, 1.165) is 61.2 Å². The molecule has 0 aliphatic heterocycles. The molecule has 4 nitrogen and oxygen atoms in total. The van der Waals surface area contributed by atoms with E-state index in [1.54, 1.807) is 0 Å². The third kappa shape index (κ3) is 5.17. The van der Waals surface area contributed by atoms with Crippen LogP contribution < -0.4 is 0 Å². The lowest BCUT2D eigenvalue weighted by Crippen LogP contribution is -2.38. The zero-order valence-corrected chi connectivity index (χ0v) is 27.6. The lowest BCUT2D eigenvalue weighted by molar-refractivity contribution is 0.103. The number of rotatable bonds is 6. The largest absolute Gasteiger partial charge is 0.289 e. The van der Waals surface area contributed by atoms with Crippen molar-refractivity contribution >= 4 is 5.78 Å². The SMILES string of the molecule is O=C1c2ccccc2C(c2ccccc2)(c2cccc(-c3ccc(-c4nc(-c5ccccc5)nc(-c5ccccc5)n4)cc3)c2)c2ccccc21. The highest BCUT2D eigenvalue weighted by atomic mass is 16.1. The Morgan fingerprint density at radius 3 is 1.25 bits per heavy atom. The minimum absolute atomic E-state index is 0.0590. The number of nitrogens with zero attached hydrogens (tertiary/aromatic N) is 3. The zero-order valence-electron chi connectivity index (χ0n) is 27.6. The number of benzene rings is 7. The van der Waals surface area contributed by atoms with Crippen LogP contribution in [0.5, 0.6) is 0 Å². The van der Waals surface area contributed by atoms with E-state index in [0.29, 0.717) is 17.5 Å². The number of hydrogen-bond acceptors (Lipinski definition) is 4. The molecule has 0 radical (unpaired) electrons. The average Bonchev–Trinajstić information content (AvgIpc) is 3.22. The number of carbonyl (C=O) groups is 1. The highest BCUT2D eigenvalue weighted by Crippen LogP contribution is 2.51. The molecule has 0 saturated carbocycles. The summed E-state index contributed by atoms with van der Waals surface area (Å²) >= 11 is 0. The van der Waals surface area contributed by atoms with Crippen LogP contribution in [-0.4, -0.2) is 20.7 Å². The van der Waals surface area contributed by atoms with E-state index in [1.807, 2.05) is 103 Å². The van der Waals surface area contributed by atoms with Gasteiger partial charge in [0.05, 0.1) is 5.41 Å². The fraction of sp³-hybridized carbons (Fsp3) is 0.0213. The highest BCUT2D eigenvalue weighted by Gasteiger charge is 2.46. The lowest BCUT2D eigenvalue weighted by atomic mass is 9.59. The van der Waals surface area contributed by atoms with Gasteiger partial charge in [0.15, 0.2) is 23.3 Å². The maximum absolute atomic E-state index is 13.9. The van der Waals surface area contributed by atoms with Crippen LogP contribution in [0.25, 0.3) is 45.3 Å². The molecule has 0 fully saturated rings. The molecule has 4 heteroatoms. The van der Waals surface area contributed by atoms with Crippen molar-refractivity contribution in [3.8, 4) is 45.3 Å². The summed E-state index contributed by atoms with van der Waals surface area (Å²) in [5, 5.41) is 0. The monoisotopic (exact) mass is 653 g/mol. The first kappa shape index (κ1) is 30.3. The second-order valence-electron chi connectivity index (χ2n) is 12.7. The molecule has 7 aromatic carbocycles. The Kier molecular flexibility index (Phi) is 7.48. The molecule has 0 spiro atoms. The van der Waals surface area contributed by atoms with Crippen molar-refractivity contribution in [3.05, 3.63) is 221 Å². The summed E-state index contributed by atoms with van der Waals surface area (Å²) in [5.74, 6) is 1.94. The molecule has 1 heterocycles. The second kappa shape index (κ2) is 12.6. The predicted octanol–water partition coefficient (Wildman–Crippen LogP) is 10.5. The third-order valence-corrected chi connectivity index (χ3v) is 9.83. The lowest BCUT2D eigenvalue weighted by Gasteiger charge is -2.41. The number of fused-ring (bicyclic) bond motifs is 2. The normalized spacial score (nSPS) is 12.9. The molecule has 8 aromatic rings. The van der Waals surface area contributed by atoms with Crippen molar-refractivity contribution in [3.63, 3.8) is 0 Å². The summed E-state index contributed by atoms with van der Waals surface area (Å²) in [6.07, 6.45) is 0. The molecule has 1 aromatic heterocycles. The van der Waals surface area contributed by atoms with Gasteiger partial charge in [-0.15, -0.1) is 0 Å². The summed E-state index contributed by atoms with van der Waals surface area (Å²) in [6, 6.07) is 63.9. The van der Waals surface area contributed by atoms with Crippen LogP contribution in [0.3, 0.4) is 0 Å². The van der Waals surface area contributed by atoms with E-state index < -0.39 is 5.41 Å². The number of carbonyl (C=O) groups excluding carboxylic acids is 1. The minimum atomic E-state index is -0.690. The van der Waals surface area contributed by atoms with Gasteiger partial charge in [-0.3, -0.25) is 4.79 Å². The van der Waals surface area contributed by atoms with Crippen LogP contribution in [-0.2, 0) is 5.41 Å². The van der Waals surface area contributed by atoms with Crippen molar-refractivity contribution in [2.45, 2.75) is 5.41 Å². The molecule has 0 unspecified atom stereocenters. The van der Waals surface area contributed by atoms with Crippen LogP contribution in [0.4, 0.5) is 0 Å². The van der Waals surface area contributed by atoms with Crippen LogP contribution in [0.15, 0.2) is 188 Å². The smallest absolute Gasteiger partial charge is 0.193 e. The molecule has 0 atom stereocenters. The van der Waals surface area contributed by atoms with Crippen molar-refractivity contribution in [1.29, 1.82) is 0 Å². The van der Waals surface area contributed by atoms with Crippen LogP contribution in [0.1, 0.15) is 38.2 Å².